The zero-order valence-electron chi connectivity index (χ0n) is 16.9. The summed E-state index contributed by atoms with van der Waals surface area (Å²) in [6.45, 7) is 0.870. The molecule has 0 bridgehead atoms. The first-order valence-corrected chi connectivity index (χ1v) is 9.59. The maximum Gasteiger partial charge on any atom is 0.197 e. The van der Waals surface area contributed by atoms with Crippen LogP contribution in [0.2, 0.25) is 0 Å². The van der Waals surface area contributed by atoms with Crippen LogP contribution in [0.15, 0.2) is 82.0 Å². The Kier molecular flexibility index (Phi) is 5.82. The van der Waals surface area contributed by atoms with Crippen LogP contribution in [0.25, 0.3) is 22.3 Å². The maximum absolute atomic E-state index is 12.8. The summed E-state index contributed by atoms with van der Waals surface area (Å²) in [7, 11) is 3.15. The van der Waals surface area contributed by atoms with Crippen LogP contribution in [0.1, 0.15) is 11.1 Å². The zero-order valence-corrected chi connectivity index (χ0v) is 16.9. The minimum Gasteiger partial charge on any atom is -0.497 e. The minimum atomic E-state index is -0.157. The third-order valence-electron chi connectivity index (χ3n) is 4.83. The van der Waals surface area contributed by atoms with Crippen molar-refractivity contribution in [1.29, 1.82) is 0 Å². The largest absolute Gasteiger partial charge is 0.497 e. The summed E-state index contributed by atoms with van der Waals surface area (Å²) >= 11 is 0. The van der Waals surface area contributed by atoms with E-state index in [0.717, 1.165) is 22.4 Å². The molecule has 0 saturated carbocycles. The van der Waals surface area contributed by atoms with Gasteiger partial charge in [-0.3, -0.25) is 4.79 Å². The van der Waals surface area contributed by atoms with Crippen LogP contribution >= 0.6 is 0 Å². The summed E-state index contributed by atoms with van der Waals surface area (Å²) in [5, 5.41) is 0.418. The smallest absolute Gasteiger partial charge is 0.197 e. The predicted molar refractivity (Wildman–Crippen MR) is 116 cm³/mol. The summed E-state index contributed by atoms with van der Waals surface area (Å²) in [6, 6.07) is 22.5. The van der Waals surface area contributed by atoms with Gasteiger partial charge < -0.3 is 18.6 Å². The Bertz CT molecular complexity index is 1190. The van der Waals surface area contributed by atoms with Crippen LogP contribution in [0.3, 0.4) is 0 Å². The van der Waals surface area contributed by atoms with Crippen molar-refractivity contribution in [2.75, 3.05) is 14.2 Å². The van der Waals surface area contributed by atoms with E-state index in [4.69, 9.17) is 18.6 Å². The van der Waals surface area contributed by atoms with Crippen LogP contribution in [-0.4, -0.2) is 14.2 Å². The molecule has 4 rings (SSSR count). The fourth-order valence-electron chi connectivity index (χ4n) is 3.31. The molecule has 5 nitrogen and oxygen atoms in total. The van der Waals surface area contributed by atoms with E-state index in [-0.39, 0.29) is 5.43 Å². The second kappa shape index (κ2) is 8.84. The molecule has 0 unspecified atom stereocenters. The van der Waals surface area contributed by atoms with E-state index in [1.54, 1.807) is 14.2 Å². The lowest BCUT2D eigenvalue weighted by molar-refractivity contribution is 0.107. The van der Waals surface area contributed by atoms with E-state index >= 15 is 0 Å². The van der Waals surface area contributed by atoms with Crippen LogP contribution < -0.4 is 14.9 Å². The Morgan fingerprint density at radius 3 is 2.23 bits per heavy atom. The lowest BCUT2D eigenvalue weighted by Gasteiger charge is -2.11. The van der Waals surface area contributed by atoms with Gasteiger partial charge in [-0.25, -0.2) is 0 Å². The summed E-state index contributed by atoms with van der Waals surface area (Å²) in [6.07, 6.45) is 0. The molecule has 0 radical (unpaired) electrons. The van der Waals surface area contributed by atoms with Gasteiger partial charge in [0.25, 0.3) is 0 Å². The van der Waals surface area contributed by atoms with E-state index in [2.05, 4.69) is 0 Å². The van der Waals surface area contributed by atoms with Gasteiger partial charge in [-0.05, 0) is 47.5 Å². The van der Waals surface area contributed by atoms with Crippen molar-refractivity contribution in [3.05, 3.63) is 94.1 Å². The van der Waals surface area contributed by atoms with Gasteiger partial charge in [0.15, 0.2) is 5.43 Å². The molecular weight excluding hydrogens is 380 g/mol. The Morgan fingerprint density at radius 1 is 0.800 bits per heavy atom. The SMILES string of the molecule is COc1ccc(-c2cc(=O)c3c(OC)cc(COCc4ccccc4)cc3o2)cc1. The van der Waals surface area contributed by atoms with Gasteiger partial charge in [0.2, 0.25) is 0 Å². The molecule has 3 aromatic carbocycles. The third kappa shape index (κ3) is 4.21. The first kappa shape index (κ1) is 19.7. The highest BCUT2D eigenvalue weighted by molar-refractivity contribution is 5.85. The number of rotatable bonds is 7. The molecule has 5 heteroatoms. The molecule has 152 valence electrons. The molecular formula is C25H22O5. The third-order valence-corrected chi connectivity index (χ3v) is 4.83. The predicted octanol–water partition coefficient (Wildman–Crippen LogP) is 5.19. The van der Waals surface area contributed by atoms with Crippen molar-refractivity contribution < 1.29 is 18.6 Å². The lowest BCUT2D eigenvalue weighted by atomic mass is 10.1. The average Bonchev–Trinajstić information content (AvgIpc) is 2.79. The molecule has 0 aliphatic carbocycles. The molecule has 30 heavy (non-hydrogen) atoms. The van der Waals surface area contributed by atoms with Gasteiger partial charge in [-0.15, -0.1) is 0 Å². The number of hydrogen-bond acceptors (Lipinski definition) is 5. The molecule has 0 aliphatic rings. The van der Waals surface area contributed by atoms with Crippen molar-refractivity contribution in [2.45, 2.75) is 13.2 Å². The number of fused-ring (bicyclic) bond motifs is 1. The summed E-state index contributed by atoms with van der Waals surface area (Å²) in [5.41, 5.74) is 3.06. The van der Waals surface area contributed by atoms with Gasteiger partial charge in [-0.2, -0.15) is 0 Å². The highest BCUT2D eigenvalue weighted by Gasteiger charge is 2.13. The molecule has 0 amide bonds. The monoisotopic (exact) mass is 402 g/mol. The second-order valence-corrected chi connectivity index (χ2v) is 6.85. The lowest BCUT2D eigenvalue weighted by Crippen LogP contribution is -2.04. The molecule has 4 aromatic rings. The van der Waals surface area contributed by atoms with Crippen LogP contribution in [0.4, 0.5) is 0 Å². The molecule has 1 heterocycles. The second-order valence-electron chi connectivity index (χ2n) is 6.85. The van der Waals surface area contributed by atoms with E-state index in [1.165, 1.54) is 6.07 Å². The summed E-state index contributed by atoms with van der Waals surface area (Å²) in [4.78, 5) is 12.8. The molecule has 0 atom stereocenters. The van der Waals surface area contributed by atoms with Gasteiger partial charge in [0, 0.05) is 11.6 Å². The summed E-state index contributed by atoms with van der Waals surface area (Å²) in [5.74, 6) is 1.70. The van der Waals surface area contributed by atoms with Crippen molar-refractivity contribution in [3.63, 3.8) is 0 Å². The topological polar surface area (TPSA) is 57.9 Å². The number of benzene rings is 3. The molecule has 0 aliphatic heterocycles. The molecule has 0 N–H and O–H groups in total. The first-order chi connectivity index (χ1) is 14.7. The first-order valence-electron chi connectivity index (χ1n) is 9.59. The van der Waals surface area contributed by atoms with E-state index < -0.39 is 0 Å². The maximum atomic E-state index is 12.8. The van der Waals surface area contributed by atoms with Crippen LogP contribution in [0.5, 0.6) is 11.5 Å². The van der Waals surface area contributed by atoms with Crippen LogP contribution in [-0.2, 0) is 18.0 Å². The van der Waals surface area contributed by atoms with Crippen LogP contribution in [0, 0.1) is 0 Å². The quantitative estimate of drug-likeness (QED) is 0.426. The standard InChI is InChI=1S/C25H22O5/c1-27-20-10-8-19(9-11-20)22-14-21(26)25-23(28-2)12-18(13-24(25)30-22)16-29-15-17-6-4-3-5-7-17/h3-14H,15-16H2,1-2H3. The normalized spacial score (nSPS) is 10.9. The minimum absolute atomic E-state index is 0.157. The van der Waals surface area contributed by atoms with Gasteiger partial charge >= 0.3 is 0 Å². The number of methoxy groups -OCH3 is 2. The van der Waals surface area contributed by atoms with Crippen molar-refractivity contribution in [3.8, 4) is 22.8 Å². The Labute approximate surface area is 174 Å². The van der Waals surface area contributed by atoms with Crippen molar-refractivity contribution >= 4 is 11.0 Å². The van der Waals surface area contributed by atoms with E-state index in [1.807, 2.05) is 66.7 Å². The fraction of sp³-hybridized carbons (Fsp3) is 0.160. The number of hydrogen-bond donors (Lipinski definition) is 0. The Morgan fingerprint density at radius 2 is 1.53 bits per heavy atom. The highest BCUT2D eigenvalue weighted by Crippen LogP contribution is 2.30. The van der Waals surface area contributed by atoms with Crippen molar-refractivity contribution in [2.24, 2.45) is 0 Å². The van der Waals surface area contributed by atoms with Gasteiger partial charge in [0.05, 0.1) is 27.4 Å². The van der Waals surface area contributed by atoms with Gasteiger partial charge in [-0.1, -0.05) is 30.3 Å². The zero-order chi connectivity index (χ0) is 20.9. The number of ether oxygens (including phenoxy) is 3. The Hall–Kier alpha value is -3.57. The molecule has 0 saturated heterocycles. The molecule has 0 spiro atoms. The van der Waals surface area contributed by atoms with E-state index in [9.17, 15) is 4.79 Å². The molecule has 0 fully saturated rings. The average molecular weight is 402 g/mol. The highest BCUT2D eigenvalue weighted by atomic mass is 16.5. The Balaban J connectivity index is 1.66. The van der Waals surface area contributed by atoms with Gasteiger partial charge in [0.1, 0.15) is 28.2 Å². The van der Waals surface area contributed by atoms with Crippen molar-refractivity contribution in [1.82, 2.24) is 0 Å². The summed E-state index contributed by atoms with van der Waals surface area (Å²) < 4.78 is 22.6. The fourth-order valence-corrected chi connectivity index (χ4v) is 3.31. The molecule has 1 aromatic heterocycles. The van der Waals surface area contributed by atoms with E-state index in [0.29, 0.717) is 35.7 Å².